The van der Waals surface area contributed by atoms with E-state index in [-0.39, 0.29) is 6.04 Å². The molecular weight excluding hydrogens is 274 g/mol. The molecule has 0 aliphatic heterocycles. The maximum atomic E-state index is 4.09. The van der Waals surface area contributed by atoms with Crippen LogP contribution in [0.3, 0.4) is 0 Å². The predicted molar refractivity (Wildman–Crippen MR) is 66.1 cm³/mol. The maximum absolute atomic E-state index is 4.09. The first kappa shape index (κ1) is 10.6. The van der Waals surface area contributed by atoms with Crippen molar-refractivity contribution >= 4 is 32.6 Å². The van der Waals surface area contributed by atoms with Crippen LogP contribution in [0.1, 0.15) is 18.5 Å². The van der Waals surface area contributed by atoms with Crippen molar-refractivity contribution < 1.29 is 0 Å². The summed E-state index contributed by atoms with van der Waals surface area (Å²) in [5.74, 6) is 0. The molecule has 5 heteroatoms. The van der Waals surface area contributed by atoms with Crippen LogP contribution in [0.4, 0.5) is 5.13 Å². The van der Waals surface area contributed by atoms with Crippen LogP contribution in [0.25, 0.3) is 0 Å². The molecule has 0 bridgehead atoms. The van der Waals surface area contributed by atoms with E-state index in [1.165, 1.54) is 17.1 Å². The van der Waals surface area contributed by atoms with Crippen LogP contribution in [0, 0.1) is 0 Å². The van der Waals surface area contributed by atoms with Gasteiger partial charge in [0.2, 0.25) is 5.13 Å². The highest BCUT2D eigenvalue weighted by molar-refractivity contribution is 9.10. The van der Waals surface area contributed by atoms with Crippen LogP contribution in [0.15, 0.2) is 35.1 Å². The molecule has 0 fully saturated rings. The van der Waals surface area contributed by atoms with Gasteiger partial charge in [-0.05, 0) is 18.6 Å². The molecule has 1 N–H and O–H groups in total. The average molecular weight is 284 g/mol. The van der Waals surface area contributed by atoms with E-state index in [0.717, 1.165) is 9.60 Å². The number of aromatic nitrogens is 2. The molecular formula is C10H10BrN3S. The third-order valence-electron chi connectivity index (χ3n) is 2.07. The highest BCUT2D eigenvalue weighted by atomic mass is 79.9. The Labute approximate surface area is 101 Å². The van der Waals surface area contributed by atoms with E-state index in [1.54, 1.807) is 6.33 Å². The van der Waals surface area contributed by atoms with Gasteiger partial charge in [0, 0.05) is 16.0 Å². The molecule has 0 radical (unpaired) electrons. The van der Waals surface area contributed by atoms with E-state index < -0.39 is 0 Å². The first-order chi connectivity index (χ1) is 7.27. The fraction of sp³-hybridized carbons (Fsp3) is 0.200. The van der Waals surface area contributed by atoms with Crippen molar-refractivity contribution in [2.45, 2.75) is 13.0 Å². The van der Waals surface area contributed by atoms with E-state index in [1.807, 2.05) is 18.2 Å². The van der Waals surface area contributed by atoms with E-state index in [4.69, 9.17) is 0 Å². The molecule has 78 valence electrons. The topological polar surface area (TPSA) is 37.8 Å². The van der Waals surface area contributed by atoms with Gasteiger partial charge < -0.3 is 5.32 Å². The summed E-state index contributed by atoms with van der Waals surface area (Å²) in [6.07, 6.45) is 1.56. The monoisotopic (exact) mass is 283 g/mol. The third kappa shape index (κ3) is 2.54. The molecule has 0 aliphatic rings. The van der Waals surface area contributed by atoms with Gasteiger partial charge in [-0.1, -0.05) is 34.1 Å². The quantitative estimate of drug-likeness (QED) is 0.937. The molecule has 0 aliphatic carbocycles. The normalized spacial score (nSPS) is 12.4. The van der Waals surface area contributed by atoms with E-state index in [9.17, 15) is 0 Å². The Hall–Kier alpha value is -0.940. The van der Waals surface area contributed by atoms with Crippen molar-refractivity contribution in [2.75, 3.05) is 5.32 Å². The maximum Gasteiger partial charge on any atom is 0.202 e. The molecule has 2 aromatic rings. The molecule has 15 heavy (non-hydrogen) atoms. The van der Waals surface area contributed by atoms with Gasteiger partial charge in [-0.15, -0.1) is 0 Å². The van der Waals surface area contributed by atoms with Gasteiger partial charge in [-0.25, -0.2) is 4.98 Å². The average Bonchev–Trinajstić information content (AvgIpc) is 2.71. The fourth-order valence-electron chi connectivity index (χ4n) is 1.33. The van der Waals surface area contributed by atoms with Crippen LogP contribution >= 0.6 is 27.5 Å². The van der Waals surface area contributed by atoms with Crippen LogP contribution in [-0.2, 0) is 0 Å². The molecule has 1 aromatic carbocycles. The first-order valence-electron chi connectivity index (χ1n) is 4.55. The van der Waals surface area contributed by atoms with Crippen molar-refractivity contribution in [1.82, 2.24) is 9.36 Å². The van der Waals surface area contributed by atoms with Gasteiger partial charge in [0.1, 0.15) is 6.33 Å². The van der Waals surface area contributed by atoms with Crippen LogP contribution in [-0.4, -0.2) is 9.36 Å². The van der Waals surface area contributed by atoms with Crippen LogP contribution in [0.2, 0.25) is 0 Å². The molecule has 0 saturated heterocycles. The lowest BCUT2D eigenvalue weighted by Crippen LogP contribution is -2.06. The van der Waals surface area contributed by atoms with Gasteiger partial charge in [0.05, 0.1) is 6.04 Å². The molecule has 1 heterocycles. The minimum absolute atomic E-state index is 0.216. The molecule has 3 nitrogen and oxygen atoms in total. The summed E-state index contributed by atoms with van der Waals surface area (Å²) in [6, 6.07) is 8.37. The number of hydrogen-bond acceptors (Lipinski definition) is 4. The molecule has 1 atom stereocenters. The van der Waals surface area contributed by atoms with E-state index in [2.05, 4.69) is 43.6 Å². The molecule has 2 rings (SSSR count). The van der Waals surface area contributed by atoms with Gasteiger partial charge in [-0.2, -0.15) is 4.37 Å². The number of nitrogens with one attached hydrogen (secondary N) is 1. The van der Waals surface area contributed by atoms with Crippen molar-refractivity contribution in [3.8, 4) is 0 Å². The predicted octanol–water partition coefficient (Wildman–Crippen LogP) is 3.47. The Balaban J connectivity index is 2.15. The molecule has 0 amide bonds. The lowest BCUT2D eigenvalue weighted by atomic mass is 10.1. The van der Waals surface area contributed by atoms with Gasteiger partial charge in [0.15, 0.2) is 0 Å². The zero-order chi connectivity index (χ0) is 10.7. The zero-order valence-corrected chi connectivity index (χ0v) is 10.5. The van der Waals surface area contributed by atoms with Gasteiger partial charge in [0.25, 0.3) is 0 Å². The van der Waals surface area contributed by atoms with Crippen molar-refractivity contribution in [2.24, 2.45) is 0 Å². The molecule has 0 unspecified atom stereocenters. The second-order valence-electron chi connectivity index (χ2n) is 3.13. The summed E-state index contributed by atoms with van der Waals surface area (Å²) in [5, 5.41) is 4.14. The van der Waals surface area contributed by atoms with Crippen LogP contribution < -0.4 is 5.32 Å². The highest BCUT2D eigenvalue weighted by Gasteiger charge is 2.09. The number of rotatable bonds is 3. The molecule has 0 spiro atoms. The fourth-order valence-corrected chi connectivity index (χ4v) is 2.47. The third-order valence-corrected chi connectivity index (χ3v) is 3.39. The van der Waals surface area contributed by atoms with Crippen molar-refractivity contribution in [3.05, 3.63) is 40.6 Å². The van der Waals surface area contributed by atoms with Crippen molar-refractivity contribution in [3.63, 3.8) is 0 Å². The highest BCUT2D eigenvalue weighted by Crippen LogP contribution is 2.25. The number of anilines is 1. The minimum Gasteiger partial charge on any atom is -0.354 e. The summed E-state index contributed by atoms with van der Waals surface area (Å²) in [6.45, 7) is 2.10. The Morgan fingerprint density at radius 3 is 2.87 bits per heavy atom. The number of halogens is 1. The van der Waals surface area contributed by atoms with Crippen molar-refractivity contribution in [1.29, 1.82) is 0 Å². The van der Waals surface area contributed by atoms with E-state index in [0.29, 0.717) is 0 Å². The smallest absolute Gasteiger partial charge is 0.202 e. The zero-order valence-electron chi connectivity index (χ0n) is 8.14. The Kier molecular flexibility index (Phi) is 3.33. The second-order valence-corrected chi connectivity index (χ2v) is 4.77. The van der Waals surface area contributed by atoms with Crippen LogP contribution in [0.5, 0.6) is 0 Å². The number of benzene rings is 1. The summed E-state index contributed by atoms with van der Waals surface area (Å²) < 4.78 is 5.05. The number of nitrogens with zero attached hydrogens (tertiary/aromatic N) is 2. The summed E-state index contributed by atoms with van der Waals surface area (Å²) >= 11 is 4.89. The summed E-state index contributed by atoms with van der Waals surface area (Å²) in [7, 11) is 0. The second kappa shape index (κ2) is 4.72. The van der Waals surface area contributed by atoms with Gasteiger partial charge in [-0.3, -0.25) is 0 Å². The number of hydrogen-bond donors (Lipinski definition) is 1. The largest absolute Gasteiger partial charge is 0.354 e. The summed E-state index contributed by atoms with van der Waals surface area (Å²) in [5.41, 5.74) is 1.22. The van der Waals surface area contributed by atoms with Gasteiger partial charge >= 0.3 is 0 Å². The Morgan fingerprint density at radius 2 is 2.20 bits per heavy atom. The Morgan fingerprint density at radius 1 is 1.40 bits per heavy atom. The standard InChI is InChI=1S/C10H10BrN3S/c1-7(14-10-12-6-13-15-10)8-4-2-3-5-9(8)11/h2-7H,1H3,(H,12,13,14)/t7-/m0/s1. The SMILES string of the molecule is C[C@H](Nc1ncns1)c1ccccc1Br. The Bertz CT molecular complexity index is 430. The molecule has 0 saturated carbocycles. The van der Waals surface area contributed by atoms with E-state index >= 15 is 0 Å². The lowest BCUT2D eigenvalue weighted by Gasteiger charge is -2.14. The minimum atomic E-state index is 0.216. The molecule has 1 aromatic heterocycles. The first-order valence-corrected chi connectivity index (χ1v) is 6.11. The lowest BCUT2D eigenvalue weighted by molar-refractivity contribution is 0.876. The summed E-state index contributed by atoms with van der Waals surface area (Å²) in [4.78, 5) is 4.09.